The van der Waals surface area contributed by atoms with E-state index < -0.39 is 63.2 Å². The Kier molecular flexibility index (Phi) is 10.8. The van der Waals surface area contributed by atoms with E-state index in [1.54, 1.807) is 0 Å². The molecule has 0 aliphatic carbocycles. The van der Waals surface area contributed by atoms with Gasteiger partial charge in [-0.1, -0.05) is 0 Å². The molecular weight excluding hydrogens is 1520 g/mol. The van der Waals surface area contributed by atoms with Crippen LogP contribution in [0.3, 0.4) is 0 Å². The second kappa shape index (κ2) is 22.3. The van der Waals surface area contributed by atoms with Crippen molar-refractivity contribution in [3.63, 3.8) is 0 Å². The van der Waals surface area contributed by atoms with Crippen molar-refractivity contribution in [2.24, 2.45) is 0 Å². The Morgan fingerprint density at radius 3 is 0.670 bits per heavy atom. The first kappa shape index (κ1) is 45.4. The summed E-state index contributed by atoms with van der Waals surface area (Å²) in [6, 6.07) is 71.6. The SMILES string of the molecule is [2H]C([2H])([2H])N1[C]2=[Pt]=[C]3N(c4[c-]c(cc(N5CCCC5)c4)N(c4ccc(N5c6[c-]c(cc(N7CCCC7)c6)N6[C](=[Pt]=[C]7N(c8[c-]c5cc(N5CCCC5)c8)c5ccccc5N7C([2H])([2H])[2H])N(C([2H])([2H])[2H])c5ccccc56)cc4)c4[c-]c(cc(N5CCCC5)c4)N2c2ccccc21)c1ccccc1N3C([2H])([2H])[2H]. The maximum atomic E-state index is 9.39. The molecule has 8 bridgehead atoms. The van der Waals surface area contributed by atoms with E-state index in [2.05, 4.69) is 126 Å². The Morgan fingerprint density at radius 1 is 0.255 bits per heavy atom. The Hall–Kier alpha value is -8.96. The number of rotatable bonds is 6. The molecule has 0 spiro atoms. The first-order valence-electron chi connectivity index (χ1n) is 38.5. The molecule has 19 rings (SSSR count). The summed E-state index contributed by atoms with van der Waals surface area (Å²) in [5.41, 5.74) is 14.7. The van der Waals surface area contributed by atoms with Gasteiger partial charge in [0.2, 0.25) is 0 Å². The van der Waals surface area contributed by atoms with Gasteiger partial charge in [-0.3, -0.25) is 0 Å². The summed E-state index contributed by atoms with van der Waals surface area (Å²) >= 11 is -3.54. The van der Waals surface area contributed by atoms with Crippen molar-refractivity contribution < 1.29 is 51.7 Å². The summed E-state index contributed by atoms with van der Waals surface area (Å²) in [5.74, 6) is 0. The van der Waals surface area contributed by atoms with Crippen LogP contribution in [0.5, 0.6) is 0 Å². The fourth-order valence-electron chi connectivity index (χ4n) is 15.1. The summed E-state index contributed by atoms with van der Waals surface area (Å²) in [7, 11) is 0. The third-order valence-electron chi connectivity index (χ3n) is 19.6. The van der Waals surface area contributed by atoms with Crippen LogP contribution in [0.4, 0.5) is 125 Å². The summed E-state index contributed by atoms with van der Waals surface area (Å²) in [6.07, 6.45) is 7.89. The molecule has 0 amide bonds. The predicted molar refractivity (Wildman–Crippen MR) is 385 cm³/mol. The van der Waals surface area contributed by atoms with E-state index in [1.807, 2.05) is 117 Å². The zero-order valence-electron chi connectivity index (χ0n) is 63.4. The standard InChI is InChI=1S/C78H72N14.2Pt/c1-79-53-87(75-25-9-5-21-71(75)79)63-41-59(83-33-13-14-34-83)45-67(49-63)91(68-46-60(84-35-15-16-36-84)42-64(50-68)88-54-80(2)72-22-6-10-26-76(72)88)57-29-31-58(32-30-57)92(69-47-61(85-37-17-18-38-85)43-65(51-69)89-55-81(3)73-23-7-11-27-77(73)89)70-48-62(86-39-19-20-40-86)44-66(52-70)90-56-82(4)74-24-8-12-28-78(74)90;;/h5-12,21-32,41-48H,13-20,33-40H2,1-4H3;;/q-4;;/i1D3,2D3,3D3,4D3;;. The van der Waals surface area contributed by atoms with Crippen LogP contribution in [0.1, 0.15) is 67.8 Å². The van der Waals surface area contributed by atoms with Crippen molar-refractivity contribution in [2.45, 2.75) is 51.4 Å². The molecule has 10 aliphatic rings. The zero-order valence-corrected chi connectivity index (χ0v) is 55.9. The first-order chi connectivity index (χ1) is 51.1. The van der Waals surface area contributed by atoms with Crippen molar-refractivity contribution in [3.05, 3.63) is 194 Å². The number of hydrogen-bond acceptors (Lipinski definition) is 14. The normalized spacial score (nSPS) is 21.1. The minimum absolute atomic E-state index is 0.446. The van der Waals surface area contributed by atoms with Crippen LogP contribution in [0.2, 0.25) is 0 Å². The van der Waals surface area contributed by atoms with Gasteiger partial charge in [0.25, 0.3) is 0 Å². The third kappa shape index (κ3) is 9.01. The van der Waals surface area contributed by atoms with E-state index in [0.717, 1.165) is 138 Å². The van der Waals surface area contributed by atoms with Crippen LogP contribution in [0, 0.1) is 24.3 Å². The monoisotopic (exact) mass is 1610 g/mol. The van der Waals surface area contributed by atoms with Crippen LogP contribution in [-0.4, -0.2) is 96.8 Å². The molecule has 0 atom stereocenters. The molecule has 10 aliphatic heterocycles. The molecule has 0 aromatic heterocycles. The van der Waals surface area contributed by atoms with Gasteiger partial charge in [0.1, 0.15) is 0 Å². The van der Waals surface area contributed by atoms with Gasteiger partial charge in [0.05, 0.1) is 0 Å². The fourth-order valence-corrected chi connectivity index (χ4v) is 21.3. The quantitative estimate of drug-likeness (QED) is 0.149. The van der Waals surface area contributed by atoms with Gasteiger partial charge in [-0.25, -0.2) is 0 Å². The van der Waals surface area contributed by atoms with Crippen LogP contribution in [0.15, 0.2) is 170 Å². The van der Waals surface area contributed by atoms with E-state index in [4.69, 9.17) is 0 Å². The molecule has 4 saturated heterocycles. The minimum atomic E-state index is -2.70. The summed E-state index contributed by atoms with van der Waals surface area (Å²) in [4.78, 5) is 27.8. The number of nitrogens with zero attached hydrogens (tertiary/aromatic N) is 14. The molecule has 16 heteroatoms. The fraction of sp³-hybridized carbons (Fsp3) is 0.256. The summed E-state index contributed by atoms with van der Waals surface area (Å²) in [5, 5.41) is 0. The van der Waals surface area contributed by atoms with Gasteiger partial charge in [0.15, 0.2) is 0 Å². The van der Waals surface area contributed by atoms with E-state index in [1.165, 1.54) is 19.6 Å². The Labute approximate surface area is 584 Å². The number of anilines is 22. The van der Waals surface area contributed by atoms with E-state index >= 15 is 0 Å². The molecule has 0 radical (unpaired) electrons. The average Bonchev–Trinajstić information content (AvgIpc) is 1.57. The second-order valence-corrected chi connectivity index (χ2v) is 30.4. The zero-order chi connectivity index (χ0) is 72.4. The van der Waals surface area contributed by atoms with Crippen LogP contribution in [-0.2, 0) is 35.3 Å². The topological polar surface area (TPSA) is 45.4 Å². The van der Waals surface area contributed by atoms with Gasteiger partial charge in [0, 0.05) is 0 Å². The van der Waals surface area contributed by atoms with Crippen LogP contribution in [0.25, 0.3) is 0 Å². The Morgan fingerprint density at radius 2 is 0.457 bits per heavy atom. The van der Waals surface area contributed by atoms with E-state index in [9.17, 15) is 16.4 Å². The molecular formula is C78H72N14Pt2-4. The first-order valence-corrected chi connectivity index (χ1v) is 37.1. The molecule has 478 valence electrons. The molecule has 9 aromatic rings. The van der Waals surface area contributed by atoms with Crippen molar-refractivity contribution >= 4 is 142 Å². The number of benzene rings is 9. The van der Waals surface area contributed by atoms with Crippen molar-refractivity contribution in [1.29, 1.82) is 0 Å². The van der Waals surface area contributed by atoms with E-state index in [0.29, 0.717) is 108 Å². The molecule has 0 N–H and O–H groups in total. The predicted octanol–water partition coefficient (Wildman–Crippen LogP) is 15.1. The third-order valence-corrected chi connectivity index (χ3v) is 25.7. The number of hydrogen-bond donors (Lipinski definition) is 0. The van der Waals surface area contributed by atoms with Crippen molar-refractivity contribution in [2.75, 3.05) is 149 Å². The van der Waals surface area contributed by atoms with Gasteiger partial charge >= 0.3 is 588 Å². The van der Waals surface area contributed by atoms with Crippen LogP contribution < -0.4 is 68.6 Å². The van der Waals surface area contributed by atoms with Gasteiger partial charge in [-0.15, -0.1) is 0 Å². The van der Waals surface area contributed by atoms with Crippen molar-refractivity contribution in [1.82, 2.24) is 0 Å². The molecule has 0 unspecified atom stereocenters. The molecule has 9 aromatic carbocycles. The average molecular weight is 1610 g/mol. The molecule has 0 saturated carbocycles. The molecule has 4 fully saturated rings. The van der Waals surface area contributed by atoms with Gasteiger partial charge < -0.3 is 0 Å². The second-order valence-electron chi connectivity index (χ2n) is 25.2. The maximum absolute atomic E-state index is 9.39. The Bertz CT molecular complexity index is 4610. The Balaban J connectivity index is 0.879. The molecule has 94 heavy (non-hydrogen) atoms. The van der Waals surface area contributed by atoms with Crippen molar-refractivity contribution in [3.8, 4) is 0 Å². The summed E-state index contributed by atoms with van der Waals surface area (Å²) < 4.78 is 114. The molecule has 10 heterocycles. The van der Waals surface area contributed by atoms with Crippen LogP contribution >= 0.6 is 0 Å². The molecule has 14 nitrogen and oxygen atoms in total. The van der Waals surface area contributed by atoms with E-state index in [-0.39, 0.29) is 0 Å². The number of fused-ring (bicyclic) bond motifs is 24. The summed E-state index contributed by atoms with van der Waals surface area (Å²) in [6.45, 7) is -4.40. The number of para-hydroxylation sites is 8. The van der Waals surface area contributed by atoms with Gasteiger partial charge in [-0.05, 0) is 0 Å². The van der Waals surface area contributed by atoms with Gasteiger partial charge in [-0.2, -0.15) is 0 Å².